The molecule has 22 heavy (non-hydrogen) atoms. The second-order valence-electron chi connectivity index (χ2n) is 5.61. The van der Waals surface area contributed by atoms with Crippen LogP contribution in [-0.4, -0.2) is 8.80 Å². The van der Waals surface area contributed by atoms with E-state index in [1.165, 1.54) is 21.5 Å². The molecule has 0 aromatic heterocycles. The molecule has 1 aliphatic carbocycles. The van der Waals surface area contributed by atoms with Crippen molar-refractivity contribution in [1.29, 1.82) is 0 Å². The highest BCUT2D eigenvalue weighted by Crippen LogP contribution is 2.31. The van der Waals surface area contributed by atoms with Gasteiger partial charge in [0.1, 0.15) is 8.80 Å². The predicted molar refractivity (Wildman–Crippen MR) is 96.1 cm³/mol. The molecule has 0 bridgehead atoms. The van der Waals surface area contributed by atoms with Crippen molar-refractivity contribution in [2.75, 3.05) is 0 Å². The van der Waals surface area contributed by atoms with Gasteiger partial charge in [-0.05, 0) is 11.1 Å². The van der Waals surface area contributed by atoms with Crippen molar-refractivity contribution >= 4 is 25.2 Å². The molecule has 1 radical (unpaired) electrons. The molecule has 4 rings (SSSR count). The number of hydrogen-bond acceptors (Lipinski definition) is 0. The van der Waals surface area contributed by atoms with Gasteiger partial charge in [-0.15, -0.1) is 0 Å². The molecule has 0 nitrogen and oxygen atoms in total. The molecular weight excluding hydrogens is 280 g/mol. The summed E-state index contributed by atoms with van der Waals surface area (Å²) in [5, 5.41) is 2.95. The zero-order chi connectivity index (χ0) is 14.8. The van der Waals surface area contributed by atoms with Crippen LogP contribution in [0, 0.1) is 0 Å². The smallest absolute Gasteiger partial charge is 0.0786 e. The van der Waals surface area contributed by atoms with Crippen LogP contribution in [0.2, 0.25) is 0 Å². The first-order valence-corrected chi connectivity index (χ1v) is 9.26. The average molecular weight is 297 g/mol. The summed E-state index contributed by atoms with van der Waals surface area (Å²) in [5.74, 6) is 0. The minimum Gasteiger partial charge on any atom is -0.0786 e. The van der Waals surface area contributed by atoms with Gasteiger partial charge in [-0.25, -0.2) is 0 Å². The van der Waals surface area contributed by atoms with E-state index < -0.39 is 8.80 Å². The van der Waals surface area contributed by atoms with E-state index in [1.807, 2.05) is 0 Å². The lowest BCUT2D eigenvalue weighted by atomic mass is 10.1. The molecule has 0 N–H and O–H groups in total. The van der Waals surface area contributed by atoms with Gasteiger partial charge in [-0.2, -0.15) is 0 Å². The lowest BCUT2D eigenvalue weighted by Gasteiger charge is -2.23. The molecule has 0 saturated carbocycles. The van der Waals surface area contributed by atoms with E-state index in [9.17, 15) is 0 Å². The SMILES string of the molecule is C1=CC([Si](c2ccccc2)c2ccccc2)c2ccccc21. The third kappa shape index (κ3) is 2.34. The van der Waals surface area contributed by atoms with Gasteiger partial charge in [0, 0.05) is 5.54 Å². The Hall–Kier alpha value is -2.38. The van der Waals surface area contributed by atoms with Crippen LogP contribution in [0.1, 0.15) is 16.7 Å². The monoisotopic (exact) mass is 297 g/mol. The van der Waals surface area contributed by atoms with Crippen LogP contribution in [-0.2, 0) is 0 Å². The standard InChI is InChI=1S/C21H17Si/c1-3-10-18(11-4-1)22(19-12-5-2-6-13-19)21-16-15-17-9-7-8-14-20(17)21/h1-16,21H. The second kappa shape index (κ2) is 5.78. The van der Waals surface area contributed by atoms with Gasteiger partial charge in [-0.1, -0.05) is 107 Å². The van der Waals surface area contributed by atoms with E-state index >= 15 is 0 Å². The minimum absolute atomic E-state index is 0.506. The zero-order valence-corrected chi connectivity index (χ0v) is 13.3. The van der Waals surface area contributed by atoms with E-state index in [2.05, 4.69) is 97.1 Å². The van der Waals surface area contributed by atoms with E-state index in [-0.39, 0.29) is 0 Å². The molecule has 0 aliphatic heterocycles. The third-order valence-electron chi connectivity index (χ3n) is 4.28. The number of fused-ring (bicyclic) bond motifs is 1. The fourth-order valence-electron chi connectivity index (χ4n) is 3.26. The van der Waals surface area contributed by atoms with Crippen molar-refractivity contribution in [3.05, 3.63) is 102 Å². The van der Waals surface area contributed by atoms with Gasteiger partial charge < -0.3 is 0 Å². The van der Waals surface area contributed by atoms with Crippen LogP contribution in [0.15, 0.2) is 91.0 Å². The normalized spacial score (nSPS) is 16.0. The molecule has 3 aromatic carbocycles. The highest BCUT2D eigenvalue weighted by molar-refractivity contribution is 6.86. The van der Waals surface area contributed by atoms with Gasteiger partial charge in [0.15, 0.2) is 0 Å². The van der Waals surface area contributed by atoms with Gasteiger partial charge in [0.25, 0.3) is 0 Å². The molecule has 0 saturated heterocycles. The van der Waals surface area contributed by atoms with E-state index in [0.717, 1.165) is 0 Å². The predicted octanol–water partition coefficient (Wildman–Crippen LogP) is 3.65. The van der Waals surface area contributed by atoms with Crippen molar-refractivity contribution in [2.24, 2.45) is 0 Å². The fraction of sp³-hybridized carbons (Fsp3) is 0.0476. The quantitative estimate of drug-likeness (QED) is 0.647. The van der Waals surface area contributed by atoms with Crippen LogP contribution in [0.4, 0.5) is 0 Å². The molecule has 0 spiro atoms. The molecule has 1 unspecified atom stereocenters. The van der Waals surface area contributed by atoms with Crippen molar-refractivity contribution in [3.8, 4) is 0 Å². The molecule has 0 fully saturated rings. The van der Waals surface area contributed by atoms with Crippen LogP contribution in [0.5, 0.6) is 0 Å². The maximum absolute atomic E-state index is 2.40. The van der Waals surface area contributed by atoms with Gasteiger partial charge in [0.05, 0.1) is 0 Å². The average Bonchev–Trinajstić information content (AvgIpc) is 3.01. The minimum atomic E-state index is -0.876. The molecule has 3 aromatic rings. The topological polar surface area (TPSA) is 0 Å². The number of rotatable bonds is 3. The third-order valence-corrected chi connectivity index (χ3v) is 7.32. The molecule has 1 heteroatoms. The summed E-state index contributed by atoms with van der Waals surface area (Å²) in [4.78, 5) is 0. The Balaban J connectivity index is 1.85. The van der Waals surface area contributed by atoms with Crippen LogP contribution >= 0.6 is 0 Å². The Morgan fingerprint density at radius 3 is 1.77 bits per heavy atom. The Labute approximate surface area is 133 Å². The fourth-order valence-corrected chi connectivity index (χ4v) is 6.28. The van der Waals surface area contributed by atoms with Gasteiger partial charge in [0.2, 0.25) is 0 Å². The second-order valence-corrected chi connectivity index (χ2v) is 8.22. The lowest BCUT2D eigenvalue weighted by Crippen LogP contribution is -2.46. The molecule has 1 atom stereocenters. The van der Waals surface area contributed by atoms with Crippen molar-refractivity contribution < 1.29 is 0 Å². The highest BCUT2D eigenvalue weighted by Gasteiger charge is 2.30. The Bertz CT molecular complexity index is 751. The summed E-state index contributed by atoms with van der Waals surface area (Å²) in [7, 11) is -0.876. The Morgan fingerprint density at radius 1 is 0.591 bits per heavy atom. The molecule has 1 aliphatic rings. The van der Waals surface area contributed by atoms with Crippen LogP contribution in [0.25, 0.3) is 6.08 Å². The first-order chi connectivity index (χ1) is 10.9. The number of benzene rings is 3. The first-order valence-electron chi connectivity index (χ1n) is 7.68. The number of hydrogen-bond donors (Lipinski definition) is 0. The molecular formula is C21H17Si. The number of allylic oxidation sites excluding steroid dienone is 1. The maximum Gasteiger partial charge on any atom is 0.132 e. The summed E-state index contributed by atoms with van der Waals surface area (Å²) in [6.07, 6.45) is 4.69. The summed E-state index contributed by atoms with van der Waals surface area (Å²) in [5.41, 5.74) is 3.36. The molecule has 105 valence electrons. The Kier molecular flexibility index (Phi) is 3.49. The van der Waals surface area contributed by atoms with Crippen LogP contribution in [0.3, 0.4) is 0 Å². The first kappa shape index (κ1) is 13.3. The molecule has 0 heterocycles. The van der Waals surface area contributed by atoms with E-state index in [0.29, 0.717) is 5.54 Å². The van der Waals surface area contributed by atoms with Crippen molar-refractivity contribution in [3.63, 3.8) is 0 Å². The Morgan fingerprint density at radius 2 is 1.14 bits per heavy atom. The molecule has 0 amide bonds. The van der Waals surface area contributed by atoms with Crippen molar-refractivity contribution in [2.45, 2.75) is 5.54 Å². The van der Waals surface area contributed by atoms with Crippen LogP contribution < -0.4 is 10.4 Å². The lowest BCUT2D eigenvalue weighted by molar-refractivity contribution is 1.22. The summed E-state index contributed by atoms with van der Waals surface area (Å²) in [6, 6.07) is 30.8. The highest BCUT2D eigenvalue weighted by atomic mass is 28.3. The van der Waals surface area contributed by atoms with E-state index in [4.69, 9.17) is 0 Å². The van der Waals surface area contributed by atoms with E-state index in [1.54, 1.807) is 0 Å². The van der Waals surface area contributed by atoms with Gasteiger partial charge in [-0.3, -0.25) is 0 Å². The maximum atomic E-state index is 2.40. The van der Waals surface area contributed by atoms with Gasteiger partial charge >= 0.3 is 0 Å². The summed E-state index contributed by atoms with van der Waals surface area (Å²) < 4.78 is 0. The van der Waals surface area contributed by atoms with Crippen molar-refractivity contribution in [1.82, 2.24) is 0 Å². The summed E-state index contributed by atoms with van der Waals surface area (Å²) in [6.45, 7) is 0. The zero-order valence-electron chi connectivity index (χ0n) is 12.3. The summed E-state index contributed by atoms with van der Waals surface area (Å²) >= 11 is 0. The largest absolute Gasteiger partial charge is 0.132 e.